The maximum Gasteiger partial charge on any atom is 0.242 e. The smallest absolute Gasteiger partial charge is 0.242 e. The summed E-state index contributed by atoms with van der Waals surface area (Å²) in [6, 6.07) is 19.7. The van der Waals surface area contributed by atoms with E-state index in [-0.39, 0.29) is 36.6 Å². The lowest BCUT2D eigenvalue weighted by molar-refractivity contribution is -0.140. The third kappa shape index (κ3) is 5.94. The lowest BCUT2D eigenvalue weighted by Gasteiger charge is -2.30. The summed E-state index contributed by atoms with van der Waals surface area (Å²) in [7, 11) is 0. The summed E-state index contributed by atoms with van der Waals surface area (Å²) in [6.45, 7) is 5.94. The molecule has 0 heterocycles. The first kappa shape index (κ1) is 23.5. The Morgan fingerprint density at radius 3 is 2.38 bits per heavy atom. The van der Waals surface area contributed by atoms with E-state index in [1.807, 2.05) is 38.1 Å². The second kappa shape index (κ2) is 10.9. The van der Waals surface area contributed by atoms with E-state index in [4.69, 9.17) is 0 Å². The van der Waals surface area contributed by atoms with Gasteiger partial charge in [0.1, 0.15) is 11.9 Å². The van der Waals surface area contributed by atoms with Gasteiger partial charge in [-0.15, -0.1) is 0 Å². The van der Waals surface area contributed by atoms with Crippen molar-refractivity contribution in [2.45, 2.75) is 58.7 Å². The summed E-state index contributed by atoms with van der Waals surface area (Å²) in [4.78, 5) is 27.7. The molecule has 0 fully saturated rings. The largest absolute Gasteiger partial charge is 0.352 e. The van der Waals surface area contributed by atoms with Crippen LogP contribution in [0.5, 0.6) is 0 Å². The molecular weight excluding hydrogens is 403 g/mol. The number of hydrogen-bond acceptors (Lipinski definition) is 2. The number of aryl methyl sites for hydroxylation is 1. The van der Waals surface area contributed by atoms with Crippen LogP contribution in [0.15, 0.2) is 66.7 Å². The molecule has 0 saturated heterocycles. The molecule has 168 valence electrons. The molecule has 0 aliphatic carbocycles. The van der Waals surface area contributed by atoms with Crippen LogP contribution in [0.1, 0.15) is 44.7 Å². The summed E-state index contributed by atoms with van der Waals surface area (Å²) in [5.41, 5.74) is 1.89. The maximum atomic E-state index is 13.3. The Kier molecular flexibility index (Phi) is 7.98. The van der Waals surface area contributed by atoms with Crippen molar-refractivity contribution in [3.63, 3.8) is 0 Å². The second-order valence-corrected chi connectivity index (χ2v) is 8.28. The van der Waals surface area contributed by atoms with Gasteiger partial charge in [0.15, 0.2) is 0 Å². The summed E-state index contributed by atoms with van der Waals surface area (Å²) >= 11 is 0. The summed E-state index contributed by atoms with van der Waals surface area (Å²) in [6.07, 6.45) is 1.68. The van der Waals surface area contributed by atoms with Crippen molar-refractivity contribution in [3.05, 3.63) is 83.7 Å². The molecule has 32 heavy (non-hydrogen) atoms. The number of halogens is 1. The van der Waals surface area contributed by atoms with Gasteiger partial charge in [0.05, 0.1) is 0 Å². The summed E-state index contributed by atoms with van der Waals surface area (Å²) < 4.78 is 13.3. The van der Waals surface area contributed by atoms with Crippen LogP contribution in [0.4, 0.5) is 4.39 Å². The van der Waals surface area contributed by atoms with Gasteiger partial charge in [0.25, 0.3) is 0 Å². The van der Waals surface area contributed by atoms with Gasteiger partial charge in [-0.2, -0.15) is 0 Å². The average molecular weight is 435 g/mol. The van der Waals surface area contributed by atoms with Gasteiger partial charge in [-0.05, 0) is 60.7 Å². The molecule has 2 amide bonds. The Hall–Kier alpha value is -3.21. The molecule has 0 bridgehead atoms. The Bertz CT molecular complexity index is 1060. The Labute approximate surface area is 189 Å². The molecule has 0 aliphatic heterocycles. The molecule has 3 aromatic carbocycles. The van der Waals surface area contributed by atoms with E-state index in [9.17, 15) is 14.0 Å². The summed E-state index contributed by atoms with van der Waals surface area (Å²) in [5, 5.41) is 5.24. The number of hydrogen-bond donors (Lipinski definition) is 1. The Morgan fingerprint density at radius 1 is 0.969 bits per heavy atom. The molecule has 3 rings (SSSR count). The first-order valence-corrected chi connectivity index (χ1v) is 11.2. The topological polar surface area (TPSA) is 49.4 Å². The van der Waals surface area contributed by atoms with Gasteiger partial charge in [-0.25, -0.2) is 4.39 Å². The zero-order valence-electron chi connectivity index (χ0n) is 19.0. The molecular formula is C27H31FN2O2. The molecule has 3 aromatic rings. The van der Waals surface area contributed by atoms with Gasteiger partial charge in [0.2, 0.25) is 11.8 Å². The van der Waals surface area contributed by atoms with Crippen molar-refractivity contribution in [2.24, 2.45) is 0 Å². The highest BCUT2D eigenvalue weighted by Crippen LogP contribution is 2.21. The Morgan fingerprint density at radius 2 is 1.66 bits per heavy atom. The van der Waals surface area contributed by atoms with E-state index in [2.05, 4.69) is 23.5 Å². The van der Waals surface area contributed by atoms with E-state index in [0.29, 0.717) is 6.42 Å². The first-order chi connectivity index (χ1) is 15.4. The third-order valence-electron chi connectivity index (χ3n) is 5.92. The van der Waals surface area contributed by atoms with Crippen LogP contribution in [0, 0.1) is 5.82 Å². The number of nitrogens with zero attached hydrogens (tertiary/aromatic N) is 1. The monoisotopic (exact) mass is 434 g/mol. The van der Waals surface area contributed by atoms with Gasteiger partial charge < -0.3 is 10.2 Å². The van der Waals surface area contributed by atoms with Crippen molar-refractivity contribution >= 4 is 22.6 Å². The van der Waals surface area contributed by atoms with Crippen LogP contribution in [-0.4, -0.2) is 28.8 Å². The van der Waals surface area contributed by atoms with Crippen LogP contribution in [-0.2, 0) is 22.6 Å². The lowest BCUT2D eigenvalue weighted by atomic mass is 10.0. The van der Waals surface area contributed by atoms with E-state index < -0.39 is 6.04 Å². The molecule has 0 saturated carbocycles. The highest BCUT2D eigenvalue weighted by molar-refractivity contribution is 5.89. The number of rotatable bonds is 9. The molecule has 0 unspecified atom stereocenters. The van der Waals surface area contributed by atoms with E-state index in [1.165, 1.54) is 12.1 Å². The SMILES string of the molecule is CC[C@H](C)NC(=O)[C@@H](C)N(Cc1ccc(F)cc1)C(=O)CCc1cccc2ccccc12. The molecule has 2 atom stereocenters. The minimum atomic E-state index is -0.630. The van der Waals surface area contributed by atoms with Crippen LogP contribution < -0.4 is 5.32 Å². The molecule has 4 nitrogen and oxygen atoms in total. The van der Waals surface area contributed by atoms with Crippen molar-refractivity contribution in [3.8, 4) is 0 Å². The van der Waals surface area contributed by atoms with E-state index in [0.717, 1.165) is 28.3 Å². The van der Waals surface area contributed by atoms with Crippen molar-refractivity contribution in [1.82, 2.24) is 10.2 Å². The van der Waals surface area contributed by atoms with Gasteiger partial charge >= 0.3 is 0 Å². The zero-order chi connectivity index (χ0) is 23.1. The molecule has 0 spiro atoms. The molecule has 5 heteroatoms. The van der Waals surface area contributed by atoms with Crippen LogP contribution in [0.2, 0.25) is 0 Å². The fourth-order valence-corrected chi connectivity index (χ4v) is 3.73. The first-order valence-electron chi connectivity index (χ1n) is 11.2. The minimum Gasteiger partial charge on any atom is -0.352 e. The number of carbonyl (C=O) groups is 2. The number of fused-ring (bicyclic) bond motifs is 1. The molecule has 0 radical (unpaired) electrons. The normalized spacial score (nSPS) is 12.9. The standard InChI is InChI=1S/C27H31FN2O2/c1-4-19(2)29-27(32)20(3)30(18-21-12-15-24(28)16-13-21)26(31)17-14-23-10-7-9-22-8-5-6-11-25(22)23/h5-13,15-16,19-20H,4,14,17-18H2,1-3H3,(H,29,32)/t19-,20+/m0/s1. The van der Waals surface area contributed by atoms with Gasteiger partial charge in [0, 0.05) is 19.0 Å². The predicted molar refractivity (Wildman–Crippen MR) is 127 cm³/mol. The van der Waals surface area contributed by atoms with Gasteiger partial charge in [-0.1, -0.05) is 61.5 Å². The lowest BCUT2D eigenvalue weighted by Crippen LogP contribution is -2.49. The Balaban J connectivity index is 1.78. The van der Waals surface area contributed by atoms with E-state index >= 15 is 0 Å². The molecule has 0 aromatic heterocycles. The van der Waals surface area contributed by atoms with E-state index in [1.54, 1.807) is 24.0 Å². The fourth-order valence-electron chi connectivity index (χ4n) is 3.73. The number of benzene rings is 3. The van der Waals surface area contributed by atoms with Crippen LogP contribution in [0.3, 0.4) is 0 Å². The van der Waals surface area contributed by atoms with Crippen molar-refractivity contribution < 1.29 is 14.0 Å². The number of carbonyl (C=O) groups excluding carboxylic acids is 2. The quantitative estimate of drug-likeness (QED) is 0.500. The van der Waals surface area contributed by atoms with Gasteiger partial charge in [-0.3, -0.25) is 9.59 Å². The zero-order valence-corrected chi connectivity index (χ0v) is 19.0. The molecule has 1 N–H and O–H groups in total. The van der Waals surface area contributed by atoms with Crippen molar-refractivity contribution in [1.29, 1.82) is 0 Å². The second-order valence-electron chi connectivity index (χ2n) is 8.28. The minimum absolute atomic E-state index is 0.0309. The summed E-state index contributed by atoms with van der Waals surface area (Å²) in [5.74, 6) is -0.612. The molecule has 0 aliphatic rings. The van der Waals surface area contributed by atoms with Crippen LogP contribution in [0.25, 0.3) is 10.8 Å². The fraction of sp³-hybridized carbons (Fsp3) is 0.333. The van der Waals surface area contributed by atoms with Crippen LogP contribution >= 0.6 is 0 Å². The predicted octanol–water partition coefficient (Wildman–Crippen LogP) is 5.24. The third-order valence-corrected chi connectivity index (χ3v) is 5.92. The average Bonchev–Trinajstić information content (AvgIpc) is 2.81. The maximum absolute atomic E-state index is 13.3. The highest BCUT2D eigenvalue weighted by Gasteiger charge is 2.26. The van der Waals surface area contributed by atoms with Crippen molar-refractivity contribution in [2.75, 3.05) is 0 Å². The number of nitrogens with one attached hydrogen (secondary N) is 1. The number of amides is 2. The highest BCUT2D eigenvalue weighted by atomic mass is 19.1.